The Morgan fingerprint density at radius 1 is 1.13 bits per heavy atom. The van der Waals surface area contributed by atoms with Gasteiger partial charge in [0, 0.05) is 23.9 Å². The molecule has 2 aromatic carbocycles. The number of aromatic nitrogens is 5. The number of carbonyl (C=O) groups is 1. The topological polar surface area (TPSA) is 79.7 Å². The quantitative estimate of drug-likeness (QED) is 0.510. The van der Waals surface area contributed by atoms with E-state index in [0.717, 1.165) is 18.4 Å². The van der Waals surface area contributed by atoms with E-state index in [1.165, 1.54) is 21.7 Å². The molecule has 1 aliphatic carbocycles. The van der Waals surface area contributed by atoms with Crippen molar-refractivity contribution in [3.05, 3.63) is 60.1 Å². The number of imidazole rings is 1. The van der Waals surface area contributed by atoms with Gasteiger partial charge in [-0.25, -0.2) is 13.8 Å². The summed E-state index contributed by atoms with van der Waals surface area (Å²) in [5.74, 6) is -1.72. The van der Waals surface area contributed by atoms with Crippen LogP contribution in [0.1, 0.15) is 24.4 Å². The number of hydrogen-bond donors (Lipinski definition) is 1. The molecule has 156 valence electrons. The maximum absolute atomic E-state index is 15.3. The summed E-state index contributed by atoms with van der Waals surface area (Å²) in [6, 6.07) is 7.21. The van der Waals surface area contributed by atoms with Gasteiger partial charge in [0.1, 0.15) is 17.3 Å². The number of nitrogens with zero attached hydrogens (tertiary/aromatic N) is 5. The highest BCUT2D eigenvalue weighted by atomic mass is 19.1. The Morgan fingerprint density at radius 2 is 1.90 bits per heavy atom. The lowest BCUT2D eigenvalue weighted by Gasteiger charge is -2.48. The van der Waals surface area contributed by atoms with Gasteiger partial charge >= 0.3 is 0 Å². The van der Waals surface area contributed by atoms with Gasteiger partial charge in [-0.2, -0.15) is 0 Å². The van der Waals surface area contributed by atoms with Crippen molar-refractivity contribution in [3.8, 4) is 11.3 Å². The number of nitrogens with one attached hydrogen (secondary N) is 1. The second-order valence-corrected chi connectivity index (χ2v) is 8.25. The molecule has 1 aliphatic heterocycles. The fourth-order valence-corrected chi connectivity index (χ4v) is 4.59. The fraction of sp³-hybridized carbons (Fsp3) is 0.273. The van der Waals surface area contributed by atoms with Crippen LogP contribution in [0.25, 0.3) is 22.3 Å². The van der Waals surface area contributed by atoms with E-state index in [9.17, 15) is 4.79 Å². The molecule has 1 saturated heterocycles. The lowest BCUT2D eigenvalue weighted by molar-refractivity contribution is -0.131. The Bertz CT molecular complexity index is 1320. The number of hydrogen-bond acceptors (Lipinski definition) is 4. The number of anilines is 1. The van der Waals surface area contributed by atoms with Crippen LogP contribution in [0.2, 0.25) is 0 Å². The van der Waals surface area contributed by atoms with E-state index in [1.807, 2.05) is 6.07 Å². The third-order valence-corrected chi connectivity index (χ3v) is 6.23. The van der Waals surface area contributed by atoms with Crippen LogP contribution in [-0.4, -0.2) is 30.9 Å². The molecule has 9 heteroatoms. The van der Waals surface area contributed by atoms with Crippen LogP contribution in [0, 0.1) is 23.5 Å². The molecule has 0 radical (unpaired) electrons. The molecule has 6 rings (SSSR count). The van der Waals surface area contributed by atoms with Gasteiger partial charge in [-0.15, -0.1) is 5.10 Å². The van der Waals surface area contributed by atoms with E-state index in [2.05, 4.69) is 20.3 Å². The Hall–Kier alpha value is -3.62. The van der Waals surface area contributed by atoms with Gasteiger partial charge in [-0.1, -0.05) is 5.21 Å². The Labute approximate surface area is 175 Å². The zero-order valence-electron chi connectivity index (χ0n) is 16.6. The fourth-order valence-electron chi connectivity index (χ4n) is 4.59. The van der Waals surface area contributed by atoms with Crippen molar-refractivity contribution in [2.75, 3.05) is 4.90 Å². The van der Waals surface area contributed by atoms with Gasteiger partial charge < -0.3 is 9.88 Å². The average molecular weight is 420 g/mol. The van der Waals surface area contributed by atoms with Crippen molar-refractivity contribution in [1.29, 1.82) is 0 Å². The zero-order chi connectivity index (χ0) is 21.3. The minimum absolute atomic E-state index is 0.0775. The SMILES string of the molecule is Cn1cc(-c2cc(F)c(C3C(C4CC4)C(=O)N3c3ccc4[nH]cnc4c3)c(F)c2)nn1. The first kappa shape index (κ1) is 18.2. The number of fused-ring (bicyclic) bond motifs is 1. The van der Waals surface area contributed by atoms with E-state index in [-0.39, 0.29) is 17.4 Å². The highest BCUT2D eigenvalue weighted by Crippen LogP contribution is 2.55. The maximum atomic E-state index is 15.3. The van der Waals surface area contributed by atoms with Gasteiger partial charge in [0.15, 0.2) is 0 Å². The number of carbonyl (C=O) groups excluding carboxylic acids is 1. The summed E-state index contributed by atoms with van der Waals surface area (Å²) < 4.78 is 32.1. The third kappa shape index (κ3) is 2.76. The van der Waals surface area contributed by atoms with E-state index < -0.39 is 23.6 Å². The lowest BCUT2D eigenvalue weighted by Crippen LogP contribution is -2.56. The molecule has 1 saturated carbocycles. The molecule has 2 atom stereocenters. The van der Waals surface area contributed by atoms with E-state index in [4.69, 9.17) is 0 Å². The van der Waals surface area contributed by atoms with E-state index in [0.29, 0.717) is 22.5 Å². The number of β-lactam (4-membered cyclic amide) rings is 1. The lowest BCUT2D eigenvalue weighted by atomic mass is 9.78. The second-order valence-electron chi connectivity index (χ2n) is 8.25. The summed E-state index contributed by atoms with van der Waals surface area (Å²) in [5.41, 5.74) is 2.73. The molecule has 1 N–H and O–H groups in total. The van der Waals surface area contributed by atoms with Gasteiger partial charge in [0.05, 0.1) is 35.5 Å². The van der Waals surface area contributed by atoms with Gasteiger partial charge in [0.2, 0.25) is 5.91 Å². The van der Waals surface area contributed by atoms with Crippen molar-refractivity contribution >= 4 is 22.6 Å². The minimum atomic E-state index is -0.688. The summed E-state index contributed by atoms with van der Waals surface area (Å²) in [7, 11) is 1.69. The second kappa shape index (κ2) is 6.44. The molecule has 2 aromatic heterocycles. The number of amides is 1. The van der Waals surface area contributed by atoms with Crippen molar-refractivity contribution in [2.45, 2.75) is 18.9 Å². The Kier molecular flexibility index (Phi) is 3.77. The molecular weight excluding hydrogens is 402 g/mol. The van der Waals surface area contributed by atoms with Crippen LogP contribution in [0.3, 0.4) is 0 Å². The smallest absolute Gasteiger partial charge is 0.233 e. The number of H-pyrrole nitrogens is 1. The predicted octanol–water partition coefficient (Wildman–Crippen LogP) is 3.75. The molecule has 0 spiro atoms. The van der Waals surface area contributed by atoms with Gasteiger partial charge in [-0.3, -0.25) is 9.48 Å². The number of rotatable bonds is 4. The monoisotopic (exact) mass is 420 g/mol. The molecule has 7 nitrogen and oxygen atoms in total. The first-order valence-electron chi connectivity index (χ1n) is 10.1. The van der Waals surface area contributed by atoms with Crippen molar-refractivity contribution in [1.82, 2.24) is 25.0 Å². The zero-order valence-corrected chi connectivity index (χ0v) is 16.6. The standard InChI is InChI=1S/C22H18F2N6O/c1-29-9-18(27-28-29)12-6-14(23)20(15(24)7-12)21-19(11-2-3-11)22(31)30(21)13-4-5-16-17(8-13)26-10-25-16/h4-11,19,21H,2-3H2,1H3,(H,25,26). The molecule has 2 unspecified atom stereocenters. The molecule has 0 bridgehead atoms. The molecule has 3 heterocycles. The number of halogens is 2. The van der Waals surface area contributed by atoms with E-state index in [1.54, 1.807) is 31.7 Å². The van der Waals surface area contributed by atoms with Crippen molar-refractivity contribution < 1.29 is 13.6 Å². The third-order valence-electron chi connectivity index (χ3n) is 6.23. The summed E-state index contributed by atoms with van der Waals surface area (Å²) in [4.78, 5) is 21.8. The normalized spacial score (nSPS) is 21.0. The van der Waals surface area contributed by atoms with E-state index >= 15 is 8.78 Å². The highest BCUT2D eigenvalue weighted by molar-refractivity contribution is 6.04. The molecule has 4 aromatic rings. The number of benzene rings is 2. The van der Waals surface area contributed by atoms with Gasteiger partial charge in [0.25, 0.3) is 0 Å². The van der Waals surface area contributed by atoms with Gasteiger partial charge in [-0.05, 0) is 49.1 Å². The van der Waals surface area contributed by atoms with Crippen molar-refractivity contribution in [3.63, 3.8) is 0 Å². The Balaban J connectivity index is 1.44. The number of aryl methyl sites for hydroxylation is 1. The van der Waals surface area contributed by atoms with Crippen LogP contribution < -0.4 is 4.90 Å². The minimum Gasteiger partial charge on any atom is -0.345 e. The summed E-state index contributed by atoms with van der Waals surface area (Å²) in [6.45, 7) is 0. The van der Waals surface area contributed by atoms with Crippen molar-refractivity contribution in [2.24, 2.45) is 18.9 Å². The average Bonchev–Trinajstić information content (AvgIpc) is 3.26. The Morgan fingerprint density at radius 3 is 2.58 bits per heavy atom. The van der Waals surface area contributed by atoms with Crippen LogP contribution in [0.15, 0.2) is 42.9 Å². The highest BCUT2D eigenvalue weighted by Gasteiger charge is 2.56. The first-order chi connectivity index (χ1) is 15.0. The summed E-state index contributed by atoms with van der Waals surface area (Å²) >= 11 is 0. The van der Waals surface area contributed by atoms with Crippen LogP contribution in [0.4, 0.5) is 14.5 Å². The summed E-state index contributed by atoms with van der Waals surface area (Å²) in [5, 5.41) is 7.76. The molecule has 31 heavy (non-hydrogen) atoms. The first-order valence-corrected chi connectivity index (χ1v) is 10.1. The predicted molar refractivity (Wildman–Crippen MR) is 109 cm³/mol. The largest absolute Gasteiger partial charge is 0.345 e. The summed E-state index contributed by atoms with van der Waals surface area (Å²) in [6.07, 6.45) is 4.97. The molecule has 2 fully saturated rings. The van der Waals surface area contributed by atoms with Crippen LogP contribution in [-0.2, 0) is 11.8 Å². The number of aromatic amines is 1. The molecule has 1 amide bonds. The molecule has 2 aliphatic rings. The maximum Gasteiger partial charge on any atom is 0.233 e. The molecular formula is C22H18F2N6O. The van der Waals surface area contributed by atoms with Crippen LogP contribution in [0.5, 0.6) is 0 Å². The van der Waals surface area contributed by atoms with Crippen LogP contribution >= 0.6 is 0 Å².